The quantitative estimate of drug-likeness (QED) is 0.849. The highest BCUT2D eigenvalue weighted by molar-refractivity contribution is 5.02. The van der Waals surface area contributed by atoms with Crippen molar-refractivity contribution in [1.29, 1.82) is 0 Å². The summed E-state index contributed by atoms with van der Waals surface area (Å²) in [4.78, 5) is 0. The Kier molecular flexibility index (Phi) is 3.66. The van der Waals surface area contributed by atoms with Crippen LogP contribution in [0.2, 0.25) is 0 Å². The van der Waals surface area contributed by atoms with E-state index >= 15 is 0 Å². The minimum absolute atomic E-state index is 0.591. The van der Waals surface area contributed by atoms with E-state index in [-0.39, 0.29) is 0 Å². The van der Waals surface area contributed by atoms with Gasteiger partial charge in [-0.3, -0.25) is 4.68 Å². The second kappa shape index (κ2) is 5.28. The number of nitrogens with zero attached hydrogens (tertiary/aromatic N) is 2. The van der Waals surface area contributed by atoms with Gasteiger partial charge < -0.3 is 5.32 Å². The van der Waals surface area contributed by atoms with Crippen LogP contribution in [0.4, 0.5) is 0 Å². The van der Waals surface area contributed by atoms with Gasteiger partial charge in [-0.1, -0.05) is 26.7 Å². The first-order valence-corrected chi connectivity index (χ1v) is 7.94. The molecule has 0 radical (unpaired) electrons. The topological polar surface area (TPSA) is 29.9 Å². The van der Waals surface area contributed by atoms with E-state index in [0.29, 0.717) is 11.5 Å². The lowest BCUT2D eigenvalue weighted by Crippen LogP contribution is -2.27. The fourth-order valence-corrected chi connectivity index (χ4v) is 3.40. The van der Waals surface area contributed by atoms with Gasteiger partial charge in [-0.15, -0.1) is 0 Å². The van der Waals surface area contributed by atoms with Gasteiger partial charge in [0, 0.05) is 19.3 Å². The summed E-state index contributed by atoms with van der Waals surface area (Å²) < 4.78 is 2.19. The normalized spacial score (nSPS) is 22.3. The Morgan fingerprint density at radius 1 is 1.37 bits per heavy atom. The van der Waals surface area contributed by atoms with Crippen LogP contribution in [0.15, 0.2) is 12.3 Å². The van der Waals surface area contributed by atoms with Crippen LogP contribution in [0, 0.1) is 11.3 Å². The van der Waals surface area contributed by atoms with E-state index in [1.807, 2.05) is 0 Å². The Labute approximate surface area is 116 Å². The average Bonchev–Trinajstić information content (AvgIpc) is 2.81. The number of aromatic nitrogens is 2. The van der Waals surface area contributed by atoms with E-state index in [0.717, 1.165) is 19.0 Å². The van der Waals surface area contributed by atoms with Crippen molar-refractivity contribution in [1.82, 2.24) is 15.1 Å². The van der Waals surface area contributed by atoms with Crippen LogP contribution in [-0.4, -0.2) is 16.3 Å². The molecule has 1 aromatic heterocycles. The molecule has 0 aliphatic heterocycles. The Morgan fingerprint density at radius 2 is 2.11 bits per heavy atom. The van der Waals surface area contributed by atoms with Crippen LogP contribution in [0.1, 0.15) is 64.1 Å². The lowest BCUT2D eigenvalue weighted by atomic mass is 9.92. The first kappa shape index (κ1) is 13.2. The van der Waals surface area contributed by atoms with Gasteiger partial charge in [0.2, 0.25) is 0 Å². The summed E-state index contributed by atoms with van der Waals surface area (Å²) in [6, 6.07) is 2.85. The number of hydrogen-bond donors (Lipinski definition) is 1. The molecule has 19 heavy (non-hydrogen) atoms. The van der Waals surface area contributed by atoms with Gasteiger partial charge in [0.1, 0.15) is 0 Å². The average molecular weight is 261 g/mol. The third-order valence-corrected chi connectivity index (χ3v) is 5.26. The molecular formula is C16H27N3. The van der Waals surface area contributed by atoms with Crippen LogP contribution >= 0.6 is 0 Å². The van der Waals surface area contributed by atoms with Gasteiger partial charge in [-0.2, -0.15) is 5.10 Å². The van der Waals surface area contributed by atoms with Crippen molar-refractivity contribution >= 4 is 0 Å². The summed E-state index contributed by atoms with van der Waals surface area (Å²) in [5.41, 5.74) is 1.79. The highest BCUT2D eigenvalue weighted by Crippen LogP contribution is 2.51. The van der Waals surface area contributed by atoms with Gasteiger partial charge in [-0.05, 0) is 43.1 Å². The smallest absolute Gasteiger partial charge is 0.0762 e. The Hall–Kier alpha value is -0.830. The minimum atomic E-state index is 0.591. The zero-order chi connectivity index (χ0) is 13.3. The molecule has 2 fully saturated rings. The fourth-order valence-electron chi connectivity index (χ4n) is 3.40. The summed E-state index contributed by atoms with van der Waals surface area (Å²) in [7, 11) is 0. The molecular weight excluding hydrogens is 234 g/mol. The van der Waals surface area contributed by atoms with Crippen molar-refractivity contribution < 1.29 is 0 Å². The molecule has 2 aliphatic carbocycles. The maximum Gasteiger partial charge on any atom is 0.0762 e. The summed E-state index contributed by atoms with van der Waals surface area (Å²) in [5.74, 6) is 0.802. The van der Waals surface area contributed by atoms with Crippen LogP contribution in [0.5, 0.6) is 0 Å². The highest BCUT2D eigenvalue weighted by Gasteiger charge is 2.44. The third kappa shape index (κ3) is 2.86. The number of hydrogen-bond acceptors (Lipinski definition) is 2. The molecule has 3 nitrogen and oxygen atoms in total. The minimum Gasteiger partial charge on any atom is -0.311 e. The Morgan fingerprint density at radius 3 is 2.74 bits per heavy atom. The predicted octanol–water partition coefficient (Wildman–Crippen LogP) is 3.52. The summed E-state index contributed by atoms with van der Waals surface area (Å²) in [5, 5.41) is 8.35. The highest BCUT2D eigenvalue weighted by atomic mass is 15.3. The first-order chi connectivity index (χ1) is 9.20. The lowest BCUT2D eigenvalue weighted by molar-refractivity contribution is 0.336. The summed E-state index contributed by atoms with van der Waals surface area (Å²) in [6.07, 6.45) is 10.3. The molecule has 1 aromatic rings. The van der Waals surface area contributed by atoms with Gasteiger partial charge in [0.05, 0.1) is 11.7 Å². The maximum absolute atomic E-state index is 4.73. The summed E-state index contributed by atoms with van der Waals surface area (Å²) in [6.45, 7) is 6.78. The number of rotatable bonds is 6. The maximum atomic E-state index is 4.73. The molecule has 0 bridgehead atoms. The van der Waals surface area contributed by atoms with E-state index in [1.165, 1.54) is 44.2 Å². The molecule has 0 saturated heterocycles. The molecule has 1 heterocycles. The Bertz CT molecular complexity index is 411. The van der Waals surface area contributed by atoms with Crippen molar-refractivity contribution in [2.45, 2.75) is 65.0 Å². The van der Waals surface area contributed by atoms with Gasteiger partial charge >= 0.3 is 0 Å². The van der Waals surface area contributed by atoms with Crippen LogP contribution in [0.3, 0.4) is 0 Å². The monoisotopic (exact) mass is 261 g/mol. The SMILES string of the molecule is CC(C)C1(CNCc2ccn(C3CCCC3)n2)CC1. The molecule has 106 valence electrons. The predicted molar refractivity (Wildman–Crippen MR) is 77.9 cm³/mol. The van der Waals surface area contributed by atoms with Crippen molar-refractivity contribution in [2.24, 2.45) is 11.3 Å². The van der Waals surface area contributed by atoms with Gasteiger partial charge in [0.15, 0.2) is 0 Å². The first-order valence-electron chi connectivity index (χ1n) is 7.94. The molecule has 1 N–H and O–H groups in total. The van der Waals surface area contributed by atoms with E-state index in [2.05, 4.69) is 36.1 Å². The van der Waals surface area contributed by atoms with Crippen molar-refractivity contribution in [3.63, 3.8) is 0 Å². The van der Waals surface area contributed by atoms with Gasteiger partial charge in [-0.25, -0.2) is 0 Å². The molecule has 2 aliphatic rings. The molecule has 0 spiro atoms. The van der Waals surface area contributed by atoms with E-state index in [9.17, 15) is 0 Å². The summed E-state index contributed by atoms with van der Waals surface area (Å²) >= 11 is 0. The van der Waals surface area contributed by atoms with E-state index < -0.39 is 0 Å². The van der Waals surface area contributed by atoms with Crippen molar-refractivity contribution in [3.05, 3.63) is 18.0 Å². The van der Waals surface area contributed by atoms with E-state index in [4.69, 9.17) is 5.10 Å². The molecule has 0 atom stereocenters. The van der Waals surface area contributed by atoms with Gasteiger partial charge in [0.25, 0.3) is 0 Å². The molecule has 0 unspecified atom stereocenters. The van der Waals surface area contributed by atoms with Crippen molar-refractivity contribution in [3.8, 4) is 0 Å². The third-order valence-electron chi connectivity index (χ3n) is 5.26. The zero-order valence-corrected chi connectivity index (χ0v) is 12.4. The Balaban J connectivity index is 1.48. The molecule has 3 heteroatoms. The largest absolute Gasteiger partial charge is 0.311 e. The molecule has 2 saturated carbocycles. The molecule has 0 amide bonds. The lowest BCUT2D eigenvalue weighted by Gasteiger charge is -2.19. The molecule has 3 rings (SSSR count). The van der Waals surface area contributed by atoms with Crippen LogP contribution < -0.4 is 5.32 Å². The van der Waals surface area contributed by atoms with Crippen molar-refractivity contribution in [2.75, 3.05) is 6.54 Å². The van der Waals surface area contributed by atoms with Crippen LogP contribution in [0.25, 0.3) is 0 Å². The van der Waals surface area contributed by atoms with E-state index in [1.54, 1.807) is 0 Å². The molecule has 0 aromatic carbocycles. The second-order valence-electron chi connectivity index (χ2n) is 6.85. The van der Waals surface area contributed by atoms with Crippen LogP contribution in [-0.2, 0) is 6.54 Å². The fraction of sp³-hybridized carbons (Fsp3) is 0.812. The standard InChI is InChI=1S/C16H27N3/c1-13(2)16(8-9-16)12-17-11-14-7-10-19(18-14)15-5-3-4-6-15/h7,10,13,15,17H,3-6,8-9,11-12H2,1-2H3. The zero-order valence-electron chi connectivity index (χ0n) is 12.4. The number of nitrogens with one attached hydrogen (secondary N) is 1. The second-order valence-corrected chi connectivity index (χ2v) is 6.85.